The maximum atomic E-state index is 12.3. The van der Waals surface area contributed by atoms with E-state index < -0.39 is 0 Å². The zero-order valence-corrected chi connectivity index (χ0v) is 15.7. The van der Waals surface area contributed by atoms with Crippen molar-refractivity contribution in [1.82, 2.24) is 20.5 Å². The summed E-state index contributed by atoms with van der Waals surface area (Å²) in [6.45, 7) is 4.47. The van der Waals surface area contributed by atoms with Crippen LogP contribution in [0.3, 0.4) is 0 Å². The third kappa shape index (κ3) is 3.57. The van der Waals surface area contributed by atoms with Crippen LogP contribution in [0.5, 0.6) is 0 Å². The number of nitrogens with one attached hydrogen (secondary N) is 2. The molecule has 2 aromatic heterocycles. The normalized spacial score (nSPS) is 11.0. The molecule has 0 aliphatic rings. The summed E-state index contributed by atoms with van der Waals surface area (Å²) in [7, 11) is 0. The van der Waals surface area contributed by atoms with Crippen molar-refractivity contribution in [3.8, 4) is 11.3 Å². The van der Waals surface area contributed by atoms with E-state index in [1.807, 2.05) is 49.6 Å². The number of aromatic nitrogens is 3. The monoisotopic (exact) mass is 404 g/mol. The van der Waals surface area contributed by atoms with Crippen LogP contribution in [-0.4, -0.2) is 21.1 Å². The zero-order valence-electron chi connectivity index (χ0n) is 13.3. The van der Waals surface area contributed by atoms with E-state index in [-0.39, 0.29) is 11.8 Å². The number of hydrogen-bond acceptors (Lipinski definition) is 4. The second-order valence-corrected chi connectivity index (χ2v) is 7.37. The van der Waals surface area contributed by atoms with Gasteiger partial charge < -0.3 is 5.32 Å². The smallest absolute Gasteiger partial charge is 0.273 e. The molecular formula is C17H17BrN4OS. The van der Waals surface area contributed by atoms with Crippen molar-refractivity contribution < 1.29 is 4.79 Å². The first-order chi connectivity index (χ1) is 11.6. The lowest BCUT2D eigenvalue weighted by atomic mass is 10.1. The van der Waals surface area contributed by atoms with E-state index in [0.29, 0.717) is 12.2 Å². The molecule has 0 atom stereocenters. The molecule has 2 N–H and O–H groups in total. The molecule has 24 heavy (non-hydrogen) atoms. The third-order valence-electron chi connectivity index (χ3n) is 3.55. The molecule has 0 fully saturated rings. The molecule has 3 rings (SSSR count). The van der Waals surface area contributed by atoms with Gasteiger partial charge in [0.1, 0.15) is 5.01 Å². The molecule has 0 unspecified atom stereocenters. The minimum Gasteiger partial charge on any atom is -0.344 e. The van der Waals surface area contributed by atoms with Crippen molar-refractivity contribution in [1.29, 1.82) is 0 Å². The topological polar surface area (TPSA) is 70.7 Å². The van der Waals surface area contributed by atoms with Crippen LogP contribution in [0.4, 0.5) is 0 Å². The van der Waals surface area contributed by atoms with Gasteiger partial charge in [0.2, 0.25) is 0 Å². The first-order valence-electron chi connectivity index (χ1n) is 7.58. The quantitative estimate of drug-likeness (QED) is 0.663. The highest BCUT2D eigenvalue weighted by atomic mass is 79.9. The number of benzene rings is 1. The van der Waals surface area contributed by atoms with E-state index in [1.165, 1.54) is 11.3 Å². The maximum Gasteiger partial charge on any atom is 0.273 e. The zero-order chi connectivity index (χ0) is 17.1. The van der Waals surface area contributed by atoms with Gasteiger partial charge in [0, 0.05) is 10.9 Å². The molecule has 0 radical (unpaired) electrons. The van der Waals surface area contributed by atoms with Gasteiger partial charge in [0.05, 0.1) is 22.4 Å². The lowest BCUT2D eigenvalue weighted by molar-refractivity contribution is 0.0945. The van der Waals surface area contributed by atoms with Gasteiger partial charge in [0.15, 0.2) is 5.69 Å². The van der Waals surface area contributed by atoms with Crippen LogP contribution in [0.1, 0.15) is 41.0 Å². The molecule has 1 aromatic carbocycles. The number of aromatic amines is 1. The predicted molar refractivity (Wildman–Crippen MR) is 99.1 cm³/mol. The van der Waals surface area contributed by atoms with Crippen molar-refractivity contribution >= 4 is 33.2 Å². The summed E-state index contributed by atoms with van der Waals surface area (Å²) in [6, 6.07) is 9.98. The molecule has 0 aliphatic heterocycles. The molecule has 0 aliphatic carbocycles. The van der Waals surface area contributed by atoms with E-state index in [2.05, 4.69) is 36.4 Å². The van der Waals surface area contributed by atoms with Crippen LogP contribution in [0.15, 0.2) is 40.2 Å². The predicted octanol–water partition coefficient (Wildman–Crippen LogP) is 4.35. The van der Waals surface area contributed by atoms with E-state index in [9.17, 15) is 4.79 Å². The summed E-state index contributed by atoms with van der Waals surface area (Å²) < 4.78 is 0.721. The molecule has 124 valence electrons. The molecular weight excluding hydrogens is 388 g/mol. The summed E-state index contributed by atoms with van der Waals surface area (Å²) in [5.41, 5.74) is 3.29. The summed E-state index contributed by atoms with van der Waals surface area (Å²) in [5.74, 6) is 0.0438. The molecule has 3 aromatic rings. The molecule has 0 saturated carbocycles. The Hall–Kier alpha value is -1.99. The summed E-state index contributed by atoms with van der Waals surface area (Å²) >= 11 is 4.98. The Morgan fingerprint density at radius 3 is 2.75 bits per heavy atom. The van der Waals surface area contributed by atoms with E-state index in [1.54, 1.807) is 0 Å². The van der Waals surface area contributed by atoms with Gasteiger partial charge in [-0.15, -0.1) is 11.3 Å². The van der Waals surface area contributed by atoms with Gasteiger partial charge in [-0.05, 0) is 21.8 Å². The third-order valence-corrected chi connectivity index (χ3v) is 5.20. The minimum atomic E-state index is -0.221. The van der Waals surface area contributed by atoms with Crippen molar-refractivity contribution in [2.24, 2.45) is 0 Å². The Morgan fingerprint density at radius 1 is 1.33 bits per heavy atom. The Balaban J connectivity index is 1.66. The Kier molecular flexibility index (Phi) is 5.11. The summed E-state index contributed by atoms with van der Waals surface area (Å²) in [6.07, 6.45) is 0. The molecule has 0 spiro atoms. The van der Waals surface area contributed by atoms with Crippen LogP contribution in [0.2, 0.25) is 0 Å². The number of hydrogen-bond donors (Lipinski definition) is 2. The van der Waals surface area contributed by atoms with Gasteiger partial charge in [-0.2, -0.15) is 5.10 Å². The molecule has 0 saturated heterocycles. The van der Waals surface area contributed by atoms with Crippen molar-refractivity contribution in [2.75, 3.05) is 0 Å². The van der Waals surface area contributed by atoms with Crippen molar-refractivity contribution in [3.05, 3.63) is 56.6 Å². The van der Waals surface area contributed by atoms with Gasteiger partial charge in [-0.1, -0.05) is 44.2 Å². The number of H-pyrrole nitrogens is 1. The van der Waals surface area contributed by atoms with E-state index >= 15 is 0 Å². The highest BCUT2D eigenvalue weighted by Crippen LogP contribution is 2.26. The lowest BCUT2D eigenvalue weighted by Crippen LogP contribution is -2.23. The lowest BCUT2D eigenvalue weighted by Gasteiger charge is -2.03. The number of carbonyl (C=O) groups is 1. The van der Waals surface area contributed by atoms with E-state index in [0.717, 1.165) is 26.4 Å². The molecule has 2 heterocycles. The minimum absolute atomic E-state index is 0.221. The highest BCUT2D eigenvalue weighted by Gasteiger charge is 2.19. The number of thiazole rings is 1. The molecule has 0 bridgehead atoms. The highest BCUT2D eigenvalue weighted by molar-refractivity contribution is 9.10. The molecule has 1 amide bonds. The summed E-state index contributed by atoms with van der Waals surface area (Å²) in [4.78, 5) is 16.9. The Morgan fingerprint density at radius 2 is 2.08 bits per heavy atom. The van der Waals surface area contributed by atoms with Crippen LogP contribution >= 0.6 is 27.3 Å². The first-order valence-corrected chi connectivity index (χ1v) is 9.25. The van der Waals surface area contributed by atoms with Gasteiger partial charge in [-0.3, -0.25) is 9.89 Å². The SMILES string of the molecule is CC(C)c1[nH]nc(C(=O)NCc2nc(-c3ccccc3)cs2)c1Br. The number of halogens is 1. The van der Waals surface area contributed by atoms with Crippen molar-refractivity contribution in [2.45, 2.75) is 26.3 Å². The number of rotatable bonds is 5. The number of amides is 1. The fourth-order valence-corrected chi connectivity index (χ4v) is 3.81. The fraction of sp³-hybridized carbons (Fsp3) is 0.235. The molecule has 7 heteroatoms. The Bertz CT molecular complexity index is 841. The largest absolute Gasteiger partial charge is 0.344 e. The van der Waals surface area contributed by atoms with Crippen LogP contribution in [-0.2, 0) is 6.54 Å². The number of carbonyl (C=O) groups excluding carboxylic acids is 1. The first kappa shape index (κ1) is 16.9. The van der Waals surface area contributed by atoms with Crippen molar-refractivity contribution in [3.63, 3.8) is 0 Å². The standard InChI is InChI=1S/C17H17BrN4OS/c1-10(2)15-14(18)16(22-21-15)17(23)19-8-13-20-12(9-24-13)11-6-4-3-5-7-11/h3-7,9-10H,8H2,1-2H3,(H,19,23)(H,21,22). The van der Waals surface area contributed by atoms with Gasteiger partial charge >= 0.3 is 0 Å². The van der Waals surface area contributed by atoms with E-state index in [4.69, 9.17) is 0 Å². The Labute approximate surface area is 152 Å². The van der Waals surface area contributed by atoms with Gasteiger partial charge in [0.25, 0.3) is 5.91 Å². The van der Waals surface area contributed by atoms with Crippen LogP contribution in [0, 0.1) is 0 Å². The van der Waals surface area contributed by atoms with Crippen LogP contribution < -0.4 is 5.32 Å². The fourth-order valence-electron chi connectivity index (χ4n) is 2.25. The molecule has 5 nitrogen and oxygen atoms in total. The van der Waals surface area contributed by atoms with Crippen LogP contribution in [0.25, 0.3) is 11.3 Å². The average Bonchev–Trinajstić information content (AvgIpc) is 3.20. The second kappa shape index (κ2) is 7.27. The average molecular weight is 405 g/mol. The number of nitrogens with zero attached hydrogens (tertiary/aromatic N) is 2. The maximum absolute atomic E-state index is 12.3. The summed E-state index contributed by atoms with van der Waals surface area (Å²) in [5, 5.41) is 12.7. The van der Waals surface area contributed by atoms with Gasteiger partial charge in [-0.25, -0.2) is 4.98 Å². The second-order valence-electron chi connectivity index (χ2n) is 5.63.